The maximum Gasteiger partial charge on any atom is 0.422 e. The zero-order valence-corrected chi connectivity index (χ0v) is 18.0. The van der Waals surface area contributed by atoms with Crippen LogP contribution in [-0.2, 0) is 0 Å². The molecule has 34 heavy (non-hydrogen) atoms. The van der Waals surface area contributed by atoms with E-state index in [1.165, 1.54) is 18.3 Å². The van der Waals surface area contributed by atoms with Gasteiger partial charge in [0, 0.05) is 12.3 Å². The summed E-state index contributed by atoms with van der Waals surface area (Å²) in [6.07, 6.45) is -1.56. The number of aromatic nitrogens is 2. The number of carbonyl (C=O) groups is 1. The summed E-state index contributed by atoms with van der Waals surface area (Å²) in [4.78, 5) is 23.0. The van der Waals surface area contributed by atoms with E-state index in [2.05, 4.69) is 20.0 Å². The van der Waals surface area contributed by atoms with Crippen LogP contribution in [0.2, 0.25) is 0 Å². The molecule has 0 saturated carbocycles. The summed E-state index contributed by atoms with van der Waals surface area (Å²) in [6, 6.07) is 11.0. The molecule has 0 radical (unpaired) electrons. The monoisotopic (exact) mass is 474 g/mol. The van der Waals surface area contributed by atoms with Crippen LogP contribution in [0.4, 0.5) is 30.4 Å². The summed E-state index contributed by atoms with van der Waals surface area (Å²) < 4.78 is 47.2. The first kappa shape index (κ1) is 23.3. The van der Waals surface area contributed by atoms with Gasteiger partial charge >= 0.3 is 6.18 Å². The van der Waals surface area contributed by atoms with Gasteiger partial charge in [-0.3, -0.25) is 4.79 Å². The normalized spacial score (nSPS) is 15.3. The molecular weight excluding hydrogens is 453 g/mol. The fourth-order valence-corrected chi connectivity index (χ4v) is 3.44. The predicted octanol–water partition coefficient (Wildman–Crippen LogP) is 3.87. The highest BCUT2D eigenvalue weighted by atomic mass is 19.4. The minimum atomic E-state index is -4.47. The summed E-state index contributed by atoms with van der Waals surface area (Å²) >= 11 is 0. The number of halogens is 3. The second-order valence-corrected chi connectivity index (χ2v) is 7.61. The van der Waals surface area contributed by atoms with Gasteiger partial charge in [0.15, 0.2) is 12.4 Å². The fraction of sp³-hybridized carbons (Fsp3) is 0.261. The van der Waals surface area contributed by atoms with Crippen LogP contribution < -0.4 is 19.7 Å². The molecule has 8 nitrogen and oxygen atoms in total. The van der Waals surface area contributed by atoms with E-state index < -0.39 is 24.7 Å². The number of nitrogens with zero attached hydrogens (tertiary/aromatic N) is 3. The lowest BCUT2D eigenvalue weighted by molar-refractivity contribution is -0.154. The lowest BCUT2D eigenvalue weighted by atomic mass is 10.1. The Balaban J connectivity index is 1.56. The molecule has 1 aliphatic heterocycles. The largest absolute Gasteiger partial charge is 0.488 e. The van der Waals surface area contributed by atoms with Crippen LogP contribution in [0.25, 0.3) is 0 Å². The molecule has 0 bridgehead atoms. The number of fused-ring (bicyclic) bond motifs is 1. The molecule has 178 valence electrons. The SMILES string of the molecule is Cc1ccc(N2c3cccc(C(=O)Nc4ccc(OCC(F)(F)F)nc4)c3OCC2CO)nc1. The topological polar surface area (TPSA) is 96.8 Å². The number of carbonyl (C=O) groups excluding carboxylic acids is 1. The molecule has 1 aliphatic rings. The van der Waals surface area contributed by atoms with Crippen molar-refractivity contribution in [2.24, 2.45) is 0 Å². The van der Waals surface area contributed by atoms with Crippen LogP contribution in [0.5, 0.6) is 11.6 Å². The second-order valence-electron chi connectivity index (χ2n) is 7.61. The molecule has 3 aromatic rings. The van der Waals surface area contributed by atoms with E-state index in [4.69, 9.17) is 4.74 Å². The third kappa shape index (κ3) is 5.20. The molecule has 11 heteroatoms. The zero-order valence-electron chi connectivity index (χ0n) is 18.0. The molecule has 4 rings (SSSR count). The van der Waals surface area contributed by atoms with Crippen LogP contribution in [0.3, 0.4) is 0 Å². The standard InChI is InChI=1S/C23H21F3N4O4/c1-14-5-7-19(27-9-14)30-16(11-31)12-33-21-17(3-2-4-18(21)30)22(32)29-15-6-8-20(28-10-15)34-13-23(24,25)26/h2-10,16,31H,11-13H2,1H3,(H,29,32). The molecule has 0 aliphatic carbocycles. The fourth-order valence-electron chi connectivity index (χ4n) is 3.44. The van der Waals surface area contributed by atoms with Crippen molar-refractivity contribution in [3.05, 3.63) is 66.0 Å². The number of benzene rings is 1. The molecule has 3 heterocycles. The smallest absolute Gasteiger partial charge is 0.422 e. The molecule has 2 N–H and O–H groups in total. The number of nitrogens with one attached hydrogen (secondary N) is 1. The Labute approximate surface area is 193 Å². The minimum Gasteiger partial charge on any atom is -0.488 e. The van der Waals surface area contributed by atoms with Gasteiger partial charge in [-0.05, 0) is 36.8 Å². The number of hydrogen-bond acceptors (Lipinski definition) is 7. The lowest BCUT2D eigenvalue weighted by Gasteiger charge is -2.37. The van der Waals surface area contributed by atoms with Crippen molar-refractivity contribution >= 4 is 23.1 Å². The number of anilines is 3. The first-order chi connectivity index (χ1) is 16.2. The first-order valence-corrected chi connectivity index (χ1v) is 10.3. The quantitative estimate of drug-likeness (QED) is 0.560. The highest BCUT2D eigenvalue weighted by Crippen LogP contribution is 2.40. The Hall–Kier alpha value is -3.86. The molecule has 1 atom stereocenters. The number of pyridine rings is 2. The highest BCUT2D eigenvalue weighted by Gasteiger charge is 2.32. The van der Waals surface area contributed by atoms with Gasteiger partial charge in [-0.25, -0.2) is 9.97 Å². The first-order valence-electron chi connectivity index (χ1n) is 10.3. The van der Waals surface area contributed by atoms with E-state index in [1.807, 2.05) is 24.0 Å². The Morgan fingerprint density at radius 2 is 2.03 bits per heavy atom. The minimum absolute atomic E-state index is 0.135. The second kappa shape index (κ2) is 9.56. The van der Waals surface area contributed by atoms with Crippen LogP contribution in [-0.4, -0.2) is 53.0 Å². The highest BCUT2D eigenvalue weighted by molar-refractivity contribution is 6.07. The van der Waals surface area contributed by atoms with Crippen LogP contribution >= 0.6 is 0 Å². The van der Waals surface area contributed by atoms with Crippen LogP contribution in [0.1, 0.15) is 15.9 Å². The number of alkyl halides is 3. The summed E-state index contributed by atoms with van der Waals surface area (Å²) in [7, 11) is 0. The molecule has 1 aromatic carbocycles. The summed E-state index contributed by atoms with van der Waals surface area (Å²) in [5.41, 5.74) is 2.06. The number of rotatable bonds is 6. The third-order valence-electron chi connectivity index (χ3n) is 5.01. The molecule has 0 spiro atoms. The van der Waals surface area contributed by atoms with E-state index in [9.17, 15) is 23.1 Å². The van der Waals surface area contributed by atoms with Crippen LogP contribution in [0.15, 0.2) is 54.9 Å². The van der Waals surface area contributed by atoms with Gasteiger partial charge in [-0.1, -0.05) is 12.1 Å². The van der Waals surface area contributed by atoms with E-state index in [0.29, 0.717) is 17.3 Å². The Morgan fingerprint density at radius 1 is 1.21 bits per heavy atom. The average Bonchev–Trinajstić information content (AvgIpc) is 2.82. The molecule has 1 unspecified atom stereocenters. The van der Waals surface area contributed by atoms with E-state index in [0.717, 1.165) is 5.56 Å². The van der Waals surface area contributed by atoms with Gasteiger partial charge in [0.05, 0.1) is 35.8 Å². The molecular formula is C23H21F3N4O4. The number of amides is 1. The third-order valence-corrected chi connectivity index (χ3v) is 5.01. The number of hydrogen-bond donors (Lipinski definition) is 2. The maximum atomic E-state index is 13.0. The van der Waals surface area contributed by atoms with Crippen molar-refractivity contribution in [3.63, 3.8) is 0 Å². The number of aryl methyl sites for hydroxylation is 1. The Morgan fingerprint density at radius 3 is 2.68 bits per heavy atom. The van der Waals surface area contributed by atoms with Crippen molar-refractivity contribution in [2.45, 2.75) is 19.1 Å². The molecule has 0 saturated heterocycles. The number of aliphatic hydroxyl groups excluding tert-OH is 1. The van der Waals surface area contributed by atoms with Gasteiger partial charge in [-0.2, -0.15) is 13.2 Å². The summed E-state index contributed by atoms with van der Waals surface area (Å²) in [5.74, 6) is 0.212. The summed E-state index contributed by atoms with van der Waals surface area (Å²) in [5, 5.41) is 12.5. The summed E-state index contributed by atoms with van der Waals surface area (Å²) in [6.45, 7) is 0.413. The predicted molar refractivity (Wildman–Crippen MR) is 118 cm³/mol. The van der Waals surface area contributed by atoms with Gasteiger partial charge in [0.25, 0.3) is 5.91 Å². The van der Waals surface area contributed by atoms with Crippen molar-refractivity contribution in [1.29, 1.82) is 0 Å². The van der Waals surface area contributed by atoms with Gasteiger partial charge < -0.3 is 24.8 Å². The van der Waals surface area contributed by atoms with Crippen molar-refractivity contribution < 1.29 is 32.5 Å². The van der Waals surface area contributed by atoms with Gasteiger partial charge in [-0.15, -0.1) is 0 Å². The van der Waals surface area contributed by atoms with Gasteiger partial charge in [0.2, 0.25) is 5.88 Å². The van der Waals surface area contributed by atoms with E-state index in [-0.39, 0.29) is 30.3 Å². The number of aliphatic hydroxyl groups is 1. The lowest BCUT2D eigenvalue weighted by Crippen LogP contribution is -2.43. The molecule has 0 fully saturated rings. The Kier molecular flexibility index (Phi) is 6.55. The number of ether oxygens (including phenoxy) is 2. The van der Waals surface area contributed by atoms with E-state index >= 15 is 0 Å². The maximum absolute atomic E-state index is 13.0. The van der Waals surface area contributed by atoms with E-state index in [1.54, 1.807) is 24.4 Å². The molecule has 1 amide bonds. The number of para-hydroxylation sites is 1. The van der Waals surface area contributed by atoms with Crippen molar-refractivity contribution in [2.75, 3.05) is 30.0 Å². The zero-order chi connectivity index (χ0) is 24.3. The van der Waals surface area contributed by atoms with Crippen LogP contribution in [0, 0.1) is 6.92 Å². The van der Waals surface area contributed by atoms with Crippen molar-refractivity contribution in [3.8, 4) is 11.6 Å². The van der Waals surface area contributed by atoms with Gasteiger partial charge in [0.1, 0.15) is 12.4 Å². The van der Waals surface area contributed by atoms with Crippen molar-refractivity contribution in [1.82, 2.24) is 9.97 Å². The average molecular weight is 474 g/mol. The molecule has 2 aromatic heterocycles. The Bertz CT molecular complexity index is 1150.